The number of ketones is 2. The molecule has 0 saturated heterocycles. The Labute approximate surface area is 155 Å². The molecule has 0 radical (unpaired) electrons. The highest BCUT2D eigenvalue weighted by molar-refractivity contribution is 6.02. The number of carbonyl (C=O) groups is 3. The summed E-state index contributed by atoms with van der Waals surface area (Å²) < 4.78 is 10.8. The molecule has 0 aromatic rings. The number of carbonyl (C=O) groups excluding carboxylic acids is 3. The van der Waals surface area contributed by atoms with Gasteiger partial charge < -0.3 is 9.47 Å². The first-order chi connectivity index (χ1) is 12.2. The summed E-state index contributed by atoms with van der Waals surface area (Å²) in [6, 6.07) is 0. The molecule has 0 bridgehead atoms. The van der Waals surface area contributed by atoms with Crippen molar-refractivity contribution in [3.8, 4) is 0 Å². The highest BCUT2D eigenvalue weighted by Crippen LogP contribution is 2.44. The largest absolute Gasteiger partial charge is 0.454 e. The lowest BCUT2D eigenvalue weighted by atomic mass is 9.64. The second-order valence-electron chi connectivity index (χ2n) is 7.79. The van der Waals surface area contributed by atoms with Gasteiger partial charge in [-0.05, 0) is 62.0 Å². The van der Waals surface area contributed by atoms with E-state index in [1.807, 2.05) is 0 Å². The third-order valence-electron chi connectivity index (χ3n) is 5.81. The second-order valence-corrected chi connectivity index (χ2v) is 7.79. The molecular formula is C21H30O5. The van der Waals surface area contributed by atoms with Gasteiger partial charge in [0.1, 0.15) is 6.10 Å². The van der Waals surface area contributed by atoms with Gasteiger partial charge in [0.25, 0.3) is 0 Å². The first kappa shape index (κ1) is 20.6. The molecule has 0 fully saturated rings. The zero-order valence-electron chi connectivity index (χ0n) is 16.4. The van der Waals surface area contributed by atoms with Crippen LogP contribution in [0.15, 0.2) is 23.8 Å². The van der Waals surface area contributed by atoms with Gasteiger partial charge in [-0.3, -0.25) is 14.4 Å². The van der Waals surface area contributed by atoms with Crippen LogP contribution in [0.25, 0.3) is 0 Å². The summed E-state index contributed by atoms with van der Waals surface area (Å²) in [6.45, 7) is 7.74. The minimum absolute atomic E-state index is 0.127. The van der Waals surface area contributed by atoms with Crippen molar-refractivity contribution in [1.82, 2.24) is 0 Å². The van der Waals surface area contributed by atoms with E-state index >= 15 is 0 Å². The standard InChI is InChI=1S/C21H30O5/c1-12(2)15-7-6-13(3)16-10-20(25-5)18(23)8-9-19(24)21(11-17(15)16)26-14(4)22/h6,8-9,12,15-17,20-21H,7,10-11H2,1-5H3/b9-8-/t15-,16+,17-,20+,21-/m1/s1. The smallest absolute Gasteiger partial charge is 0.303 e. The number of rotatable bonds is 3. The molecule has 0 spiro atoms. The molecule has 0 saturated carbocycles. The van der Waals surface area contributed by atoms with E-state index in [2.05, 4.69) is 26.8 Å². The molecule has 0 aromatic heterocycles. The highest BCUT2D eigenvalue weighted by atomic mass is 16.5. The van der Waals surface area contributed by atoms with Crippen molar-refractivity contribution in [3.63, 3.8) is 0 Å². The van der Waals surface area contributed by atoms with E-state index in [0.29, 0.717) is 24.7 Å². The average molecular weight is 362 g/mol. The van der Waals surface area contributed by atoms with E-state index in [4.69, 9.17) is 9.47 Å². The molecule has 0 N–H and O–H groups in total. The summed E-state index contributed by atoms with van der Waals surface area (Å²) in [5.41, 5.74) is 1.22. The van der Waals surface area contributed by atoms with Gasteiger partial charge in [-0.15, -0.1) is 0 Å². The minimum atomic E-state index is -0.838. The van der Waals surface area contributed by atoms with Crippen molar-refractivity contribution >= 4 is 17.5 Å². The number of esters is 1. The Balaban J connectivity index is 2.47. The Bertz CT molecular complexity index is 616. The van der Waals surface area contributed by atoms with Gasteiger partial charge in [0.05, 0.1) is 0 Å². The topological polar surface area (TPSA) is 69.7 Å². The van der Waals surface area contributed by atoms with Crippen LogP contribution in [0, 0.1) is 23.7 Å². The first-order valence-electron chi connectivity index (χ1n) is 9.37. The Hall–Kier alpha value is -1.75. The predicted molar refractivity (Wildman–Crippen MR) is 98.4 cm³/mol. The maximum atomic E-state index is 12.6. The molecule has 0 aliphatic heterocycles. The molecule has 144 valence electrons. The number of allylic oxidation sites excluding steroid dienone is 2. The Kier molecular flexibility index (Phi) is 6.93. The third-order valence-corrected chi connectivity index (χ3v) is 5.81. The molecule has 2 aliphatic carbocycles. The number of hydrogen-bond donors (Lipinski definition) is 0. The SMILES string of the molecule is CO[C@H]1C[C@H]2C(C)=CC[C@H](C(C)C)[C@H]2C[C@@H](OC(C)=O)C(=O)/C=C\C1=O. The molecule has 5 atom stereocenters. The average Bonchev–Trinajstić information content (AvgIpc) is 2.57. The van der Waals surface area contributed by atoms with Crippen LogP contribution in [0.4, 0.5) is 0 Å². The van der Waals surface area contributed by atoms with Crippen molar-refractivity contribution in [2.24, 2.45) is 23.7 Å². The zero-order valence-corrected chi connectivity index (χ0v) is 16.4. The van der Waals surface area contributed by atoms with E-state index in [1.54, 1.807) is 0 Å². The van der Waals surface area contributed by atoms with Crippen LogP contribution in [0.3, 0.4) is 0 Å². The van der Waals surface area contributed by atoms with Crippen LogP contribution in [-0.2, 0) is 23.9 Å². The van der Waals surface area contributed by atoms with Gasteiger partial charge in [-0.2, -0.15) is 0 Å². The van der Waals surface area contributed by atoms with E-state index in [-0.39, 0.29) is 23.4 Å². The van der Waals surface area contributed by atoms with Gasteiger partial charge in [-0.1, -0.05) is 25.5 Å². The predicted octanol–water partition coefficient (Wildman–Crippen LogP) is 3.28. The summed E-state index contributed by atoms with van der Waals surface area (Å²) in [7, 11) is 1.53. The van der Waals surface area contributed by atoms with Crippen LogP contribution < -0.4 is 0 Å². The Morgan fingerprint density at radius 1 is 1.12 bits per heavy atom. The van der Waals surface area contributed by atoms with Gasteiger partial charge >= 0.3 is 5.97 Å². The zero-order chi connectivity index (χ0) is 19.4. The fraction of sp³-hybridized carbons (Fsp3) is 0.667. The van der Waals surface area contributed by atoms with E-state index in [9.17, 15) is 14.4 Å². The number of methoxy groups -OCH3 is 1. The van der Waals surface area contributed by atoms with Crippen molar-refractivity contribution in [3.05, 3.63) is 23.8 Å². The third kappa shape index (κ3) is 4.70. The van der Waals surface area contributed by atoms with Gasteiger partial charge in [0, 0.05) is 14.0 Å². The van der Waals surface area contributed by atoms with Crippen LogP contribution in [0.2, 0.25) is 0 Å². The van der Waals surface area contributed by atoms with Gasteiger partial charge in [-0.25, -0.2) is 0 Å². The molecular weight excluding hydrogens is 332 g/mol. The van der Waals surface area contributed by atoms with E-state index in [0.717, 1.165) is 6.42 Å². The van der Waals surface area contributed by atoms with Crippen molar-refractivity contribution in [2.45, 2.75) is 59.2 Å². The molecule has 0 aromatic carbocycles. The molecule has 0 unspecified atom stereocenters. The number of fused-ring (bicyclic) bond motifs is 1. The molecule has 0 amide bonds. The molecule has 2 aliphatic rings. The highest BCUT2D eigenvalue weighted by Gasteiger charge is 2.40. The quantitative estimate of drug-likeness (QED) is 0.569. The van der Waals surface area contributed by atoms with Crippen LogP contribution in [0.5, 0.6) is 0 Å². The van der Waals surface area contributed by atoms with Crippen molar-refractivity contribution < 1.29 is 23.9 Å². The van der Waals surface area contributed by atoms with Crippen LogP contribution in [0.1, 0.15) is 47.0 Å². The maximum absolute atomic E-state index is 12.6. The van der Waals surface area contributed by atoms with Gasteiger partial charge in [0.15, 0.2) is 17.7 Å². The number of ether oxygens (including phenoxy) is 2. The lowest BCUT2D eigenvalue weighted by Crippen LogP contribution is -2.40. The normalized spacial score (nSPS) is 34.1. The first-order valence-corrected chi connectivity index (χ1v) is 9.37. The summed E-state index contributed by atoms with van der Waals surface area (Å²) >= 11 is 0. The minimum Gasteiger partial charge on any atom is -0.454 e. The van der Waals surface area contributed by atoms with E-state index < -0.39 is 18.2 Å². The van der Waals surface area contributed by atoms with E-state index in [1.165, 1.54) is 31.8 Å². The summed E-state index contributed by atoms with van der Waals surface area (Å²) in [6.07, 6.45) is 5.33. The lowest BCUT2D eigenvalue weighted by molar-refractivity contribution is -0.153. The molecule has 5 nitrogen and oxygen atoms in total. The summed E-state index contributed by atoms with van der Waals surface area (Å²) in [4.78, 5) is 36.5. The number of hydrogen-bond acceptors (Lipinski definition) is 5. The molecule has 26 heavy (non-hydrogen) atoms. The molecule has 0 heterocycles. The van der Waals surface area contributed by atoms with Crippen molar-refractivity contribution in [2.75, 3.05) is 7.11 Å². The monoisotopic (exact) mass is 362 g/mol. The lowest BCUT2D eigenvalue weighted by Gasteiger charge is -2.42. The van der Waals surface area contributed by atoms with Crippen molar-refractivity contribution in [1.29, 1.82) is 0 Å². The van der Waals surface area contributed by atoms with Gasteiger partial charge in [0.2, 0.25) is 0 Å². The Morgan fingerprint density at radius 3 is 2.27 bits per heavy atom. The Morgan fingerprint density at radius 2 is 1.73 bits per heavy atom. The molecule has 2 rings (SSSR count). The summed E-state index contributed by atoms with van der Waals surface area (Å²) in [5, 5.41) is 0. The van der Waals surface area contributed by atoms with Crippen LogP contribution >= 0.6 is 0 Å². The maximum Gasteiger partial charge on any atom is 0.303 e. The molecule has 5 heteroatoms. The summed E-state index contributed by atoms with van der Waals surface area (Å²) in [5.74, 6) is 0.0466. The van der Waals surface area contributed by atoms with Crippen LogP contribution in [-0.4, -0.2) is 36.9 Å². The fourth-order valence-electron chi connectivity index (χ4n) is 4.36. The fourth-order valence-corrected chi connectivity index (χ4v) is 4.36. The second kappa shape index (κ2) is 8.76.